The van der Waals surface area contributed by atoms with Gasteiger partial charge in [0, 0.05) is 6.42 Å². The lowest BCUT2D eigenvalue weighted by molar-refractivity contribution is -0.151. The number of esters is 1. The number of hydrogen-bond donors (Lipinski definition) is 2. The van der Waals surface area contributed by atoms with Crippen molar-refractivity contribution < 1.29 is 24.2 Å². The Hall–Kier alpha value is -2.37. The number of nitrogens with one attached hydrogen (secondary N) is 1. The summed E-state index contributed by atoms with van der Waals surface area (Å²) in [5.74, 6) is -1.87. The number of carbonyl (C=O) groups is 3. The summed E-state index contributed by atoms with van der Waals surface area (Å²) in [6.07, 6.45) is 4.19. The summed E-state index contributed by atoms with van der Waals surface area (Å²) in [5, 5.41) is 11.6. The molecule has 0 radical (unpaired) electrons. The van der Waals surface area contributed by atoms with E-state index in [0.717, 1.165) is 31.2 Å². The van der Waals surface area contributed by atoms with E-state index in [-0.39, 0.29) is 18.9 Å². The maximum absolute atomic E-state index is 11.9. The molecule has 24 heavy (non-hydrogen) atoms. The molecule has 0 unspecified atom stereocenters. The van der Waals surface area contributed by atoms with Gasteiger partial charge in [0.1, 0.15) is 12.6 Å². The zero-order chi connectivity index (χ0) is 17.4. The highest BCUT2D eigenvalue weighted by molar-refractivity contribution is 5.87. The third-order valence-corrected chi connectivity index (χ3v) is 4.20. The van der Waals surface area contributed by atoms with Gasteiger partial charge in [-0.1, -0.05) is 43.2 Å². The minimum atomic E-state index is -1.25. The van der Waals surface area contributed by atoms with Gasteiger partial charge < -0.3 is 15.2 Å². The second kappa shape index (κ2) is 9.05. The zero-order valence-corrected chi connectivity index (χ0v) is 13.6. The zero-order valence-electron chi connectivity index (χ0n) is 13.6. The molecule has 6 heteroatoms. The molecule has 0 bridgehead atoms. The average Bonchev–Trinajstić information content (AvgIpc) is 3.06. The van der Waals surface area contributed by atoms with Crippen molar-refractivity contribution in [3.8, 4) is 0 Å². The van der Waals surface area contributed by atoms with Crippen molar-refractivity contribution in [3.05, 3.63) is 35.9 Å². The maximum atomic E-state index is 11.9. The molecule has 130 valence electrons. The fraction of sp³-hybridized carbons (Fsp3) is 0.500. The third kappa shape index (κ3) is 6.02. The smallest absolute Gasteiger partial charge is 0.326 e. The van der Waals surface area contributed by atoms with Gasteiger partial charge in [0.05, 0.1) is 6.42 Å². The lowest BCUT2D eigenvalue weighted by Gasteiger charge is -2.15. The second-order valence-corrected chi connectivity index (χ2v) is 6.16. The van der Waals surface area contributed by atoms with Crippen LogP contribution in [0.2, 0.25) is 0 Å². The molecule has 0 aromatic heterocycles. The minimum Gasteiger partial charge on any atom is -0.480 e. The average molecular weight is 333 g/mol. The molecule has 1 fully saturated rings. The first-order valence-corrected chi connectivity index (χ1v) is 8.26. The Bertz CT molecular complexity index is 566. The van der Waals surface area contributed by atoms with Gasteiger partial charge in [-0.2, -0.15) is 0 Å². The van der Waals surface area contributed by atoms with E-state index in [0.29, 0.717) is 12.3 Å². The minimum absolute atomic E-state index is 0.0854. The molecule has 2 rings (SSSR count). The standard InChI is InChI=1S/C18H23NO5/c20-16(10-13-6-4-5-7-13)19-15(18(22)23)11-17(21)24-12-14-8-2-1-3-9-14/h1-3,8-9,13,15H,4-7,10-12H2,(H,19,20)(H,22,23)/t15-/m0/s1. The summed E-state index contributed by atoms with van der Waals surface area (Å²) in [6, 6.07) is 7.88. The van der Waals surface area contributed by atoms with Gasteiger partial charge in [0.25, 0.3) is 0 Å². The van der Waals surface area contributed by atoms with Gasteiger partial charge in [0.15, 0.2) is 0 Å². The molecule has 1 aliphatic rings. The first kappa shape index (κ1) is 18.0. The summed E-state index contributed by atoms with van der Waals surface area (Å²) >= 11 is 0. The second-order valence-electron chi connectivity index (χ2n) is 6.16. The van der Waals surface area contributed by atoms with Crippen molar-refractivity contribution in [2.45, 2.75) is 51.2 Å². The summed E-state index contributed by atoms with van der Waals surface area (Å²) in [4.78, 5) is 35.0. The van der Waals surface area contributed by atoms with Gasteiger partial charge in [0.2, 0.25) is 5.91 Å². The number of carboxylic acids is 1. The topological polar surface area (TPSA) is 92.7 Å². The van der Waals surface area contributed by atoms with Crippen LogP contribution in [0.1, 0.15) is 44.1 Å². The monoisotopic (exact) mass is 333 g/mol. The van der Waals surface area contributed by atoms with Crippen LogP contribution in [0.4, 0.5) is 0 Å². The Labute approximate surface area is 141 Å². The highest BCUT2D eigenvalue weighted by atomic mass is 16.5. The van der Waals surface area contributed by atoms with Crippen molar-refractivity contribution in [2.75, 3.05) is 0 Å². The summed E-state index contributed by atoms with van der Waals surface area (Å²) in [7, 11) is 0. The highest BCUT2D eigenvalue weighted by Crippen LogP contribution is 2.27. The van der Waals surface area contributed by atoms with E-state index in [1.54, 1.807) is 0 Å². The number of benzene rings is 1. The van der Waals surface area contributed by atoms with Crippen molar-refractivity contribution in [1.82, 2.24) is 5.32 Å². The first-order chi connectivity index (χ1) is 11.5. The number of aliphatic carboxylic acids is 1. The van der Waals surface area contributed by atoms with Gasteiger partial charge in [-0.05, 0) is 24.3 Å². The van der Waals surface area contributed by atoms with Crippen molar-refractivity contribution in [3.63, 3.8) is 0 Å². The van der Waals surface area contributed by atoms with E-state index in [9.17, 15) is 19.5 Å². The predicted octanol–water partition coefficient (Wildman–Crippen LogP) is 2.27. The Kier molecular flexibility index (Phi) is 6.78. The number of amides is 1. The Morgan fingerprint density at radius 3 is 2.46 bits per heavy atom. The third-order valence-electron chi connectivity index (χ3n) is 4.20. The van der Waals surface area contributed by atoms with Crippen LogP contribution in [0.25, 0.3) is 0 Å². The molecule has 6 nitrogen and oxygen atoms in total. The Balaban J connectivity index is 1.78. The van der Waals surface area contributed by atoms with E-state index in [2.05, 4.69) is 5.32 Å². The van der Waals surface area contributed by atoms with Crippen LogP contribution in [0.5, 0.6) is 0 Å². The van der Waals surface area contributed by atoms with E-state index < -0.39 is 18.0 Å². The SMILES string of the molecule is O=C(CC1CCCC1)N[C@@H](CC(=O)OCc1ccccc1)C(=O)O. The van der Waals surface area contributed by atoms with E-state index in [4.69, 9.17) is 4.74 Å². The van der Waals surface area contributed by atoms with Crippen molar-refractivity contribution in [2.24, 2.45) is 5.92 Å². The number of ether oxygens (including phenoxy) is 1. The largest absolute Gasteiger partial charge is 0.480 e. The molecule has 2 N–H and O–H groups in total. The van der Waals surface area contributed by atoms with Crippen LogP contribution < -0.4 is 5.32 Å². The van der Waals surface area contributed by atoms with Gasteiger partial charge >= 0.3 is 11.9 Å². The van der Waals surface area contributed by atoms with Crippen LogP contribution in [-0.4, -0.2) is 29.0 Å². The van der Waals surface area contributed by atoms with E-state index in [1.165, 1.54) is 0 Å². The summed E-state index contributed by atoms with van der Waals surface area (Å²) < 4.78 is 5.07. The lowest BCUT2D eigenvalue weighted by Crippen LogP contribution is -2.42. The quantitative estimate of drug-likeness (QED) is 0.712. The Morgan fingerprint density at radius 2 is 1.83 bits per heavy atom. The number of carbonyl (C=O) groups excluding carboxylic acids is 2. The van der Waals surface area contributed by atoms with Crippen molar-refractivity contribution in [1.29, 1.82) is 0 Å². The maximum Gasteiger partial charge on any atom is 0.326 e. The normalized spacial score (nSPS) is 15.7. The van der Waals surface area contributed by atoms with Crippen molar-refractivity contribution >= 4 is 17.8 Å². The van der Waals surface area contributed by atoms with Crippen LogP contribution in [0.3, 0.4) is 0 Å². The molecule has 0 spiro atoms. The fourth-order valence-electron chi connectivity index (χ4n) is 2.89. The molecule has 0 heterocycles. The Morgan fingerprint density at radius 1 is 1.17 bits per heavy atom. The van der Waals surface area contributed by atoms with Crippen LogP contribution >= 0.6 is 0 Å². The molecule has 1 aliphatic carbocycles. The van der Waals surface area contributed by atoms with E-state index >= 15 is 0 Å². The molecule has 1 saturated carbocycles. The molecule has 0 aliphatic heterocycles. The lowest BCUT2D eigenvalue weighted by atomic mass is 10.0. The predicted molar refractivity (Wildman–Crippen MR) is 87.0 cm³/mol. The molecule has 1 amide bonds. The molecule has 1 atom stereocenters. The van der Waals surface area contributed by atoms with Crippen LogP contribution in [-0.2, 0) is 25.7 Å². The van der Waals surface area contributed by atoms with Crippen LogP contribution in [0.15, 0.2) is 30.3 Å². The summed E-state index contributed by atoms with van der Waals surface area (Å²) in [5.41, 5.74) is 0.822. The van der Waals surface area contributed by atoms with Gasteiger partial charge in [-0.15, -0.1) is 0 Å². The number of hydrogen-bond acceptors (Lipinski definition) is 4. The van der Waals surface area contributed by atoms with Crippen LogP contribution in [0, 0.1) is 5.92 Å². The van der Waals surface area contributed by atoms with Gasteiger partial charge in [-0.3, -0.25) is 9.59 Å². The number of carboxylic acid groups (broad SMARTS) is 1. The number of rotatable bonds is 8. The van der Waals surface area contributed by atoms with Gasteiger partial charge in [-0.25, -0.2) is 4.79 Å². The molecule has 1 aromatic rings. The first-order valence-electron chi connectivity index (χ1n) is 8.26. The molecule has 1 aromatic carbocycles. The molecule has 0 saturated heterocycles. The van der Waals surface area contributed by atoms with E-state index in [1.807, 2.05) is 30.3 Å². The summed E-state index contributed by atoms with van der Waals surface area (Å²) in [6.45, 7) is 0.0854. The molecular weight excluding hydrogens is 310 g/mol. The molecular formula is C18H23NO5. The fourth-order valence-corrected chi connectivity index (χ4v) is 2.89. The highest BCUT2D eigenvalue weighted by Gasteiger charge is 2.26.